The van der Waals surface area contributed by atoms with Gasteiger partial charge in [0.1, 0.15) is 0 Å². The van der Waals surface area contributed by atoms with Crippen molar-refractivity contribution >= 4 is 0 Å². The van der Waals surface area contributed by atoms with E-state index in [0.717, 1.165) is 24.7 Å². The van der Waals surface area contributed by atoms with Gasteiger partial charge >= 0.3 is 0 Å². The Balaban J connectivity index is 2.08. The van der Waals surface area contributed by atoms with E-state index >= 15 is 0 Å². The minimum Gasteiger partial charge on any atom is -0.329 e. The Morgan fingerprint density at radius 3 is 2.72 bits per heavy atom. The molecule has 1 fully saturated rings. The van der Waals surface area contributed by atoms with Crippen molar-refractivity contribution < 1.29 is 0 Å². The van der Waals surface area contributed by atoms with E-state index < -0.39 is 0 Å². The van der Waals surface area contributed by atoms with E-state index in [9.17, 15) is 0 Å². The van der Waals surface area contributed by atoms with E-state index in [2.05, 4.69) is 36.7 Å². The highest BCUT2D eigenvalue weighted by atomic mass is 15.2. The maximum absolute atomic E-state index is 5.96. The van der Waals surface area contributed by atoms with Gasteiger partial charge in [0.25, 0.3) is 0 Å². The van der Waals surface area contributed by atoms with Crippen LogP contribution in [0.1, 0.15) is 38.9 Å². The summed E-state index contributed by atoms with van der Waals surface area (Å²) in [6.45, 7) is 9.92. The second-order valence-corrected chi connectivity index (χ2v) is 6.35. The van der Waals surface area contributed by atoms with E-state index in [1.807, 2.05) is 18.3 Å². The van der Waals surface area contributed by atoms with E-state index in [1.54, 1.807) is 0 Å². The van der Waals surface area contributed by atoms with Crippen LogP contribution < -0.4 is 5.73 Å². The Morgan fingerprint density at radius 1 is 1.44 bits per heavy atom. The highest BCUT2D eigenvalue weighted by Crippen LogP contribution is 2.36. The summed E-state index contributed by atoms with van der Waals surface area (Å²) in [7, 11) is 0. The fourth-order valence-corrected chi connectivity index (χ4v) is 2.81. The van der Waals surface area contributed by atoms with Crippen molar-refractivity contribution in [2.75, 3.05) is 19.6 Å². The largest absolute Gasteiger partial charge is 0.329 e. The lowest BCUT2D eigenvalue weighted by Crippen LogP contribution is -2.34. The van der Waals surface area contributed by atoms with Crippen molar-refractivity contribution in [3.8, 4) is 0 Å². The van der Waals surface area contributed by atoms with Crippen LogP contribution in [0.15, 0.2) is 24.4 Å². The van der Waals surface area contributed by atoms with Gasteiger partial charge in [-0.2, -0.15) is 0 Å². The maximum atomic E-state index is 5.96. The van der Waals surface area contributed by atoms with Crippen LogP contribution in [0, 0.1) is 11.3 Å². The number of nitrogens with two attached hydrogens (primary N) is 1. The van der Waals surface area contributed by atoms with Crippen LogP contribution in [0.2, 0.25) is 0 Å². The second-order valence-electron chi connectivity index (χ2n) is 6.35. The molecule has 0 bridgehead atoms. The van der Waals surface area contributed by atoms with Crippen molar-refractivity contribution in [2.24, 2.45) is 17.1 Å². The molecular weight excluding hydrogens is 222 g/mol. The van der Waals surface area contributed by atoms with Gasteiger partial charge in [-0.05, 0) is 36.4 Å². The van der Waals surface area contributed by atoms with Gasteiger partial charge in [-0.1, -0.05) is 26.8 Å². The molecule has 0 aliphatic carbocycles. The first-order valence-electron chi connectivity index (χ1n) is 6.87. The number of pyridine rings is 1. The lowest BCUT2D eigenvalue weighted by molar-refractivity contribution is 0.195. The Kier molecular flexibility index (Phi) is 4.03. The van der Waals surface area contributed by atoms with Crippen LogP contribution in [0.25, 0.3) is 0 Å². The molecule has 2 N–H and O–H groups in total. The monoisotopic (exact) mass is 247 g/mol. The molecule has 100 valence electrons. The van der Waals surface area contributed by atoms with E-state index in [0.29, 0.717) is 12.0 Å². The van der Waals surface area contributed by atoms with Crippen molar-refractivity contribution in [1.29, 1.82) is 0 Å². The number of aromatic nitrogens is 1. The first kappa shape index (κ1) is 13.5. The Labute approximate surface area is 110 Å². The third-order valence-corrected chi connectivity index (χ3v) is 4.14. The minimum atomic E-state index is 0.276. The van der Waals surface area contributed by atoms with Gasteiger partial charge in [0.15, 0.2) is 0 Å². The molecule has 3 heteroatoms. The standard InChI is InChI=1S/C15H25N3/c1-15(2,3)12-7-9-18(11-12)14(10-16)13-6-4-5-8-17-13/h4-6,8,12,14H,7,9-11,16H2,1-3H3. The Morgan fingerprint density at radius 2 is 2.22 bits per heavy atom. The molecule has 1 aromatic rings. The van der Waals surface area contributed by atoms with E-state index in [1.165, 1.54) is 6.42 Å². The summed E-state index contributed by atoms with van der Waals surface area (Å²) in [5.41, 5.74) is 7.45. The van der Waals surface area contributed by atoms with Gasteiger partial charge in [-0.3, -0.25) is 9.88 Å². The normalized spacial score (nSPS) is 23.2. The predicted octanol–water partition coefficient (Wildman–Crippen LogP) is 2.45. The topological polar surface area (TPSA) is 42.1 Å². The molecule has 0 spiro atoms. The third kappa shape index (κ3) is 2.90. The average molecular weight is 247 g/mol. The lowest BCUT2D eigenvalue weighted by atomic mass is 9.80. The number of hydrogen-bond donors (Lipinski definition) is 1. The Bertz CT molecular complexity index is 369. The highest BCUT2D eigenvalue weighted by molar-refractivity contribution is 5.10. The summed E-state index contributed by atoms with van der Waals surface area (Å²) in [4.78, 5) is 6.96. The molecule has 18 heavy (non-hydrogen) atoms. The SMILES string of the molecule is CC(C)(C)C1CCN(C(CN)c2ccccn2)C1. The fraction of sp³-hybridized carbons (Fsp3) is 0.667. The van der Waals surface area contributed by atoms with Crippen LogP contribution in [0.5, 0.6) is 0 Å². The van der Waals surface area contributed by atoms with Crippen LogP contribution in [-0.4, -0.2) is 29.5 Å². The summed E-state index contributed by atoms with van der Waals surface area (Å²) >= 11 is 0. The van der Waals surface area contributed by atoms with Gasteiger partial charge in [-0.15, -0.1) is 0 Å². The zero-order valence-corrected chi connectivity index (χ0v) is 11.8. The van der Waals surface area contributed by atoms with E-state index in [4.69, 9.17) is 5.73 Å². The zero-order chi connectivity index (χ0) is 13.2. The molecule has 1 aromatic heterocycles. The number of likely N-dealkylation sites (tertiary alicyclic amines) is 1. The number of rotatable bonds is 3. The molecule has 0 saturated carbocycles. The molecule has 1 aliphatic heterocycles. The second kappa shape index (κ2) is 5.37. The molecule has 1 aliphatic rings. The summed E-state index contributed by atoms with van der Waals surface area (Å²) < 4.78 is 0. The van der Waals surface area contributed by atoms with Crippen molar-refractivity contribution in [1.82, 2.24) is 9.88 Å². The van der Waals surface area contributed by atoms with Crippen LogP contribution in [0.3, 0.4) is 0 Å². The molecule has 1 saturated heterocycles. The molecule has 2 heterocycles. The molecule has 2 rings (SSSR count). The van der Waals surface area contributed by atoms with Crippen LogP contribution >= 0.6 is 0 Å². The van der Waals surface area contributed by atoms with E-state index in [-0.39, 0.29) is 6.04 Å². The predicted molar refractivity (Wildman–Crippen MR) is 75.2 cm³/mol. The van der Waals surface area contributed by atoms with Gasteiger partial charge in [-0.25, -0.2) is 0 Å². The minimum absolute atomic E-state index is 0.276. The molecule has 2 atom stereocenters. The van der Waals surface area contributed by atoms with Crippen LogP contribution in [0.4, 0.5) is 0 Å². The quantitative estimate of drug-likeness (QED) is 0.892. The van der Waals surface area contributed by atoms with Gasteiger partial charge in [0, 0.05) is 19.3 Å². The molecule has 0 radical (unpaired) electrons. The zero-order valence-electron chi connectivity index (χ0n) is 11.8. The molecular formula is C15H25N3. The first-order valence-corrected chi connectivity index (χ1v) is 6.87. The smallest absolute Gasteiger partial charge is 0.0644 e. The van der Waals surface area contributed by atoms with Gasteiger partial charge in [0.2, 0.25) is 0 Å². The number of nitrogens with zero attached hydrogens (tertiary/aromatic N) is 2. The fourth-order valence-electron chi connectivity index (χ4n) is 2.81. The van der Waals surface area contributed by atoms with Crippen molar-refractivity contribution in [3.05, 3.63) is 30.1 Å². The van der Waals surface area contributed by atoms with Gasteiger partial charge in [0.05, 0.1) is 11.7 Å². The molecule has 3 nitrogen and oxygen atoms in total. The van der Waals surface area contributed by atoms with Crippen LogP contribution in [-0.2, 0) is 0 Å². The maximum Gasteiger partial charge on any atom is 0.0644 e. The highest BCUT2D eigenvalue weighted by Gasteiger charge is 2.34. The molecule has 0 aromatic carbocycles. The third-order valence-electron chi connectivity index (χ3n) is 4.14. The summed E-state index contributed by atoms with van der Waals surface area (Å²) in [5.74, 6) is 0.760. The summed E-state index contributed by atoms with van der Waals surface area (Å²) in [6.07, 6.45) is 3.13. The average Bonchev–Trinajstić information content (AvgIpc) is 2.81. The molecule has 2 unspecified atom stereocenters. The lowest BCUT2D eigenvalue weighted by Gasteiger charge is -2.30. The summed E-state index contributed by atoms with van der Waals surface area (Å²) in [5, 5.41) is 0. The van der Waals surface area contributed by atoms with Gasteiger partial charge < -0.3 is 5.73 Å². The summed E-state index contributed by atoms with van der Waals surface area (Å²) in [6, 6.07) is 6.36. The van der Waals surface area contributed by atoms with Crippen molar-refractivity contribution in [3.63, 3.8) is 0 Å². The molecule has 0 amide bonds. The first-order chi connectivity index (χ1) is 8.52. The Hall–Kier alpha value is -0.930. The number of hydrogen-bond acceptors (Lipinski definition) is 3. The van der Waals surface area contributed by atoms with Crippen molar-refractivity contribution in [2.45, 2.75) is 33.2 Å².